The third-order valence-corrected chi connectivity index (χ3v) is 6.84. The normalized spacial score (nSPS) is 22.4. The molecular weight excluding hydrogens is 378 g/mol. The topological polar surface area (TPSA) is 35.9 Å². The zero-order chi connectivity index (χ0) is 19.4. The van der Waals surface area contributed by atoms with Gasteiger partial charge >= 0.3 is 0 Å². The van der Waals surface area contributed by atoms with Crippen LogP contribution < -0.4 is 4.90 Å². The monoisotopic (exact) mass is 407 g/mol. The summed E-state index contributed by atoms with van der Waals surface area (Å²) in [6, 6.07) is 6.33. The van der Waals surface area contributed by atoms with Gasteiger partial charge < -0.3 is 4.90 Å². The second-order valence-corrected chi connectivity index (χ2v) is 8.91. The Labute approximate surface area is 172 Å². The van der Waals surface area contributed by atoms with E-state index in [0.29, 0.717) is 11.1 Å². The van der Waals surface area contributed by atoms with E-state index in [4.69, 9.17) is 16.6 Å². The Hall–Kier alpha value is -1.20. The molecule has 3 rings (SSSR count). The van der Waals surface area contributed by atoms with E-state index < -0.39 is 0 Å². The first-order valence-electron chi connectivity index (χ1n) is 10.0. The van der Waals surface area contributed by atoms with Gasteiger partial charge in [-0.15, -0.1) is 0 Å². The van der Waals surface area contributed by atoms with Crippen LogP contribution >= 0.6 is 23.4 Å². The van der Waals surface area contributed by atoms with E-state index in [1.807, 2.05) is 30.0 Å². The van der Waals surface area contributed by atoms with Gasteiger partial charge in [0, 0.05) is 29.9 Å². The average molecular weight is 408 g/mol. The number of halogens is 1. The average Bonchev–Trinajstić information content (AvgIpc) is 3.01. The standard InChI is InChI=1S/C21H30ClN3OS/c1-4-12-24-20(14-27-21(24)23-17-8-6-5-7-9-17)25(16(3)26)18-11-10-15(2)19(22)13-18/h10-11,13,17,20H,4-9,12,14H2,1-3H3. The summed E-state index contributed by atoms with van der Waals surface area (Å²) in [5.74, 6) is 0.886. The number of aliphatic imine (C=N–C) groups is 1. The SMILES string of the molecule is CCCN1C(=NC2CCCCC2)SCC1N(C(C)=O)c1ccc(C)c(Cl)c1. The van der Waals surface area contributed by atoms with Crippen LogP contribution in [0, 0.1) is 6.92 Å². The number of hydrogen-bond acceptors (Lipinski definition) is 3. The van der Waals surface area contributed by atoms with Crippen LogP contribution in [0.3, 0.4) is 0 Å². The van der Waals surface area contributed by atoms with Crippen LogP contribution in [0.2, 0.25) is 5.02 Å². The van der Waals surface area contributed by atoms with Crippen molar-refractivity contribution in [2.24, 2.45) is 4.99 Å². The lowest BCUT2D eigenvalue weighted by Gasteiger charge is -2.35. The Morgan fingerprint density at radius 1 is 1.33 bits per heavy atom. The number of benzene rings is 1. The largest absolute Gasteiger partial charge is 0.330 e. The van der Waals surface area contributed by atoms with E-state index in [0.717, 1.165) is 35.1 Å². The van der Waals surface area contributed by atoms with Crippen molar-refractivity contribution in [3.8, 4) is 0 Å². The number of carbonyl (C=O) groups is 1. The molecule has 0 radical (unpaired) electrons. The molecule has 6 heteroatoms. The van der Waals surface area contributed by atoms with Gasteiger partial charge in [-0.2, -0.15) is 0 Å². The van der Waals surface area contributed by atoms with Crippen LogP contribution in [0.4, 0.5) is 5.69 Å². The van der Waals surface area contributed by atoms with Gasteiger partial charge in [-0.3, -0.25) is 14.7 Å². The number of amides is 1. The second kappa shape index (κ2) is 9.33. The summed E-state index contributed by atoms with van der Waals surface area (Å²) >= 11 is 8.13. The minimum absolute atomic E-state index is 0.00596. The Morgan fingerprint density at radius 2 is 2.07 bits per heavy atom. The number of carbonyl (C=O) groups excluding carboxylic acids is 1. The molecule has 1 atom stereocenters. The molecule has 148 valence electrons. The fraction of sp³-hybridized carbons (Fsp3) is 0.619. The van der Waals surface area contributed by atoms with E-state index in [1.165, 1.54) is 32.1 Å². The quantitative estimate of drug-likeness (QED) is 0.648. The van der Waals surface area contributed by atoms with E-state index in [1.54, 1.807) is 18.7 Å². The highest BCUT2D eigenvalue weighted by Gasteiger charge is 2.36. The van der Waals surface area contributed by atoms with Gasteiger partial charge in [-0.25, -0.2) is 0 Å². The molecule has 0 N–H and O–H groups in total. The van der Waals surface area contributed by atoms with Crippen molar-refractivity contribution in [1.29, 1.82) is 0 Å². The first kappa shape index (κ1) is 20.5. The highest BCUT2D eigenvalue weighted by Crippen LogP contribution is 2.33. The Kier molecular flexibility index (Phi) is 7.10. The Bertz CT molecular complexity index is 703. The van der Waals surface area contributed by atoms with Gasteiger partial charge in [0.2, 0.25) is 5.91 Å². The summed E-state index contributed by atoms with van der Waals surface area (Å²) in [7, 11) is 0. The molecule has 1 heterocycles. The smallest absolute Gasteiger partial charge is 0.225 e. The minimum Gasteiger partial charge on any atom is -0.330 e. The highest BCUT2D eigenvalue weighted by atomic mass is 35.5. The molecule has 27 heavy (non-hydrogen) atoms. The second-order valence-electron chi connectivity index (χ2n) is 7.51. The lowest BCUT2D eigenvalue weighted by Crippen LogP contribution is -2.50. The first-order valence-corrected chi connectivity index (χ1v) is 11.4. The number of rotatable bonds is 5. The third-order valence-electron chi connectivity index (χ3n) is 5.37. The third kappa shape index (κ3) is 4.80. The van der Waals surface area contributed by atoms with Crippen molar-refractivity contribution < 1.29 is 4.79 Å². The van der Waals surface area contributed by atoms with E-state index >= 15 is 0 Å². The molecule has 1 aliphatic carbocycles. The predicted octanol–water partition coefficient (Wildman–Crippen LogP) is 5.47. The number of nitrogens with zero attached hydrogens (tertiary/aromatic N) is 3. The molecule has 1 amide bonds. The zero-order valence-electron chi connectivity index (χ0n) is 16.6. The highest BCUT2D eigenvalue weighted by molar-refractivity contribution is 8.14. The van der Waals surface area contributed by atoms with Crippen LogP contribution in [0.1, 0.15) is 57.9 Å². The first-order chi connectivity index (χ1) is 13.0. The minimum atomic E-state index is -0.00596. The Balaban J connectivity index is 1.88. The molecule has 1 aromatic carbocycles. The summed E-state index contributed by atoms with van der Waals surface area (Å²) in [5, 5.41) is 1.81. The van der Waals surface area contributed by atoms with Gasteiger partial charge in [0.1, 0.15) is 6.17 Å². The number of amidine groups is 1. The van der Waals surface area contributed by atoms with Crippen molar-refractivity contribution in [2.75, 3.05) is 17.2 Å². The molecule has 2 aliphatic rings. The molecule has 0 bridgehead atoms. The van der Waals surface area contributed by atoms with Crippen molar-refractivity contribution in [3.05, 3.63) is 28.8 Å². The molecule has 1 saturated carbocycles. The van der Waals surface area contributed by atoms with E-state index in [-0.39, 0.29) is 12.1 Å². The molecule has 2 fully saturated rings. The summed E-state index contributed by atoms with van der Waals surface area (Å²) in [6.45, 7) is 6.71. The van der Waals surface area contributed by atoms with Gasteiger partial charge in [-0.05, 0) is 43.9 Å². The maximum atomic E-state index is 12.6. The molecule has 1 unspecified atom stereocenters. The maximum absolute atomic E-state index is 12.6. The Morgan fingerprint density at radius 3 is 2.70 bits per heavy atom. The van der Waals surface area contributed by atoms with Crippen LogP contribution in [-0.2, 0) is 4.79 Å². The summed E-state index contributed by atoms with van der Waals surface area (Å²) in [4.78, 5) is 21.9. The number of thioether (sulfide) groups is 1. The molecule has 0 aromatic heterocycles. The van der Waals surface area contributed by atoms with Crippen LogP contribution in [0.25, 0.3) is 0 Å². The predicted molar refractivity (Wildman–Crippen MR) is 117 cm³/mol. The van der Waals surface area contributed by atoms with Gasteiger partial charge in [0.15, 0.2) is 5.17 Å². The van der Waals surface area contributed by atoms with Gasteiger partial charge in [-0.1, -0.05) is 55.6 Å². The van der Waals surface area contributed by atoms with Crippen LogP contribution in [0.15, 0.2) is 23.2 Å². The lowest BCUT2D eigenvalue weighted by molar-refractivity contribution is -0.117. The van der Waals surface area contributed by atoms with Crippen molar-refractivity contribution >= 4 is 40.1 Å². The summed E-state index contributed by atoms with van der Waals surface area (Å²) < 4.78 is 0. The number of hydrogen-bond donors (Lipinski definition) is 0. The van der Waals surface area contributed by atoms with Crippen LogP contribution in [0.5, 0.6) is 0 Å². The van der Waals surface area contributed by atoms with Crippen molar-refractivity contribution in [2.45, 2.75) is 71.5 Å². The van der Waals surface area contributed by atoms with E-state index in [2.05, 4.69) is 11.8 Å². The maximum Gasteiger partial charge on any atom is 0.225 e. The fourth-order valence-electron chi connectivity index (χ4n) is 3.92. The lowest BCUT2D eigenvalue weighted by atomic mass is 9.96. The van der Waals surface area contributed by atoms with Crippen molar-refractivity contribution in [1.82, 2.24) is 4.90 Å². The molecular formula is C21H30ClN3OS. The molecule has 4 nitrogen and oxygen atoms in total. The fourth-order valence-corrected chi connectivity index (χ4v) is 5.33. The van der Waals surface area contributed by atoms with Gasteiger partial charge in [0.25, 0.3) is 0 Å². The summed E-state index contributed by atoms with van der Waals surface area (Å²) in [5.41, 5.74) is 1.89. The molecule has 0 spiro atoms. The molecule has 1 saturated heterocycles. The number of aryl methyl sites for hydroxylation is 1. The van der Waals surface area contributed by atoms with Crippen LogP contribution in [-0.4, -0.2) is 40.5 Å². The van der Waals surface area contributed by atoms with E-state index in [9.17, 15) is 4.79 Å². The number of anilines is 1. The molecule has 1 aromatic rings. The zero-order valence-corrected chi connectivity index (χ0v) is 18.2. The summed E-state index contributed by atoms with van der Waals surface area (Å²) in [6.07, 6.45) is 7.31. The molecule has 1 aliphatic heterocycles. The van der Waals surface area contributed by atoms with Gasteiger partial charge in [0.05, 0.1) is 6.04 Å². The van der Waals surface area contributed by atoms with Crippen molar-refractivity contribution in [3.63, 3.8) is 0 Å².